The van der Waals surface area contributed by atoms with Crippen LogP contribution < -0.4 is 10.0 Å². The fraction of sp³-hybridized carbons (Fsp3) is 0.538. The van der Waals surface area contributed by atoms with Crippen LogP contribution in [0.2, 0.25) is 0 Å². The molecule has 114 valence electrons. The Morgan fingerprint density at radius 3 is 2.85 bits per heavy atom. The molecule has 1 aromatic rings. The van der Waals surface area contributed by atoms with Crippen molar-refractivity contribution in [3.05, 3.63) is 28.2 Å². The number of nitrogens with one attached hydrogen (secondary N) is 2. The van der Waals surface area contributed by atoms with Gasteiger partial charge in [-0.1, -0.05) is 6.07 Å². The van der Waals surface area contributed by atoms with Crippen molar-refractivity contribution in [2.24, 2.45) is 5.92 Å². The summed E-state index contributed by atoms with van der Waals surface area (Å²) in [6, 6.07) is 5.34. The Morgan fingerprint density at radius 2 is 2.20 bits per heavy atom. The molecule has 0 aliphatic carbocycles. The van der Waals surface area contributed by atoms with Crippen LogP contribution in [-0.2, 0) is 10.0 Å². The standard InChI is InChI=1S/C13H19BrN2O2S.ClH/c1-10-4-5-12(14)13(7-10)19(17,18)16-9-11-3-2-6-15-8-11;/h4-5,7,11,15-16H,2-3,6,8-9H2,1H3;1H. The number of sulfonamides is 1. The molecule has 7 heteroatoms. The molecule has 4 nitrogen and oxygen atoms in total. The van der Waals surface area contributed by atoms with Gasteiger partial charge >= 0.3 is 0 Å². The molecule has 0 bridgehead atoms. The number of hydrogen-bond acceptors (Lipinski definition) is 3. The lowest BCUT2D eigenvalue weighted by Gasteiger charge is -2.23. The van der Waals surface area contributed by atoms with Crippen LogP contribution in [0.1, 0.15) is 18.4 Å². The molecule has 1 atom stereocenters. The van der Waals surface area contributed by atoms with E-state index in [1.165, 1.54) is 0 Å². The van der Waals surface area contributed by atoms with Crippen molar-refractivity contribution >= 4 is 38.4 Å². The van der Waals surface area contributed by atoms with Gasteiger partial charge < -0.3 is 5.32 Å². The maximum atomic E-state index is 12.3. The van der Waals surface area contributed by atoms with Gasteiger partial charge in [0.2, 0.25) is 10.0 Å². The molecule has 1 fully saturated rings. The zero-order chi connectivity index (χ0) is 13.9. The van der Waals surface area contributed by atoms with E-state index >= 15 is 0 Å². The third-order valence-electron chi connectivity index (χ3n) is 3.34. The zero-order valence-corrected chi connectivity index (χ0v) is 14.6. The topological polar surface area (TPSA) is 58.2 Å². The second kappa shape index (κ2) is 7.75. The van der Waals surface area contributed by atoms with Crippen LogP contribution in [0, 0.1) is 12.8 Å². The van der Waals surface area contributed by atoms with Gasteiger partial charge in [-0.3, -0.25) is 0 Å². The molecule has 2 rings (SSSR count). The average Bonchev–Trinajstić information content (AvgIpc) is 2.40. The summed E-state index contributed by atoms with van der Waals surface area (Å²) in [4.78, 5) is 0.316. The Labute approximate surface area is 135 Å². The van der Waals surface area contributed by atoms with Crippen molar-refractivity contribution in [1.82, 2.24) is 10.0 Å². The Morgan fingerprint density at radius 1 is 1.45 bits per heavy atom. The SMILES string of the molecule is Cc1ccc(Br)c(S(=O)(=O)NCC2CCCNC2)c1.Cl. The quantitative estimate of drug-likeness (QED) is 0.839. The van der Waals surface area contributed by atoms with Gasteiger partial charge in [0.15, 0.2) is 0 Å². The highest BCUT2D eigenvalue weighted by molar-refractivity contribution is 9.10. The van der Waals surface area contributed by atoms with E-state index in [0.29, 0.717) is 21.8 Å². The predicted octanol–water partition coefficient (Wildman–Crippen LogP) is 2.46. The number of aryl methyl sites for hydroxylation is 1. The van der Waals surface area contributed by atoms with E-state index in [1.54, 1.807) is 12.1 Å². The fourth-order valence-corrected chi connectivity index (χ4v) is 4.38. The van der Waals surface area contributed by atoms with Crippen LogP contribution in [0.4, 0.5) is 0 Å². The first-order valence-corrected chi connectivity index (χ1v) is 8.73. The summed E-state index contributed by atoms with van der Waals surface area (Å²) in [6.07, 6.45) is 2.19. The molecule has 0 aromatic heterocycles. The molecule has 1 aliphatic rings. The predicted molar refractivity (Wildman–Crippen MR) is 86.9 cm³/mol. The lowest BCUT2D eigenvalue weighted by atomic mass is 10.0. The second-order valence-electron chi connectivity index (χ2n) is 5.00. The highest BCUT2D eigenvalue weighted by atomic mass is 79.9. The van der Waals surface area contributed by atoms with E-state index in [1.807, 2.05) is 13.0 Å². The molecule has 0 spiro atoms. The van der Waals surface area contributed by atoms with Gasteiger partial charge in [-0.25, -0.2) is 13.1 Å². The van der Waals surface area contributed by atoms with Crippen LogP contribution >= 0.6 is 28.3 Å². The Hall–Kier alpha value is -0.140. The Kier molecular flexibility index (Phi) is 6.94. The van der Waals surface area contributed by atoms with Crippen LogP contribution in [0.25, 0.3) is 0 Å². The van der Waals surface area contributed by atoms with Crippen LogP contribution in [-0.4, -0.2) is 28.1 Å². The molecule has 1 heterocycles. The lowest BCUT2D eigenvalue weighted by Crippen LogP contribution is -2.38. The highest BCUT2D eigenvalue weighted by Crippen LogP contribution is 2.23. The maximum absolute atomic E-state index is 12.3. The molecule has 0 saturated carbocycles. The number of benzene rings is 1. The first-order chi connectivity index (χ1) is 8.99. The summed E-state index contributed by atoms with van der Waals surface area (Å²) in [5, 5.41) is 3.29. The van der Waals surface area contributed by atoms with Crippen LogP contribution in [0.15, 0.2) is 27.6 Å². The second-order valence-corrected chi connectivity index (χ2v) is 7.59. The third kappa shape index (κ3) is 4.70. The molecule has 0 amide bonds. The summed E-state index contributed by atoms with van der Waals surface area (Å²) in [5.74, 6) is 0.382. The molecule has 2 N–H and O–H groups in total. The van der Waals surface area contributed by atoms with Gasteiger partial charge in [-0.2, -0.15) is 0 Å². The Balaban J connectivity index is 0.00000200. The lowest BCUT2D eigenvalue weighted by molar-refractivity contribution is 0.376. The molecular weight excluding hydrogens is 364 g/mol. The van der Waals surface area contributed by atoms with Gasteiger partial charge in [-0.15, -0.1) is 12.4 Å². The highest BCUT2D eigenvalue weighted by Gasteiger charge is 2.20. The van der Waals surface area contributed by atoms with E-state index in [9.17, 15) is 8.42 Å². The summed E-state index contributed by atoms with van der Waals surface area (Å²) < 4.78 is 27.9. The molecule has 1 saturated heterocycles. The normalized spacial score (nSPS) is 19.4. The minimum Gasteiger partial charge on any atom is -0.316 e. The van der Waals surface area contributed by atoms with E-state index < -0.39 is 10.0 Å². The Bertz CT molecular complexity index is 545. The van der Waals surface area contributed by atoms with E-state index in [0.717, 1.165) is 31.5 Å². The van der Waals surface area contributed by atoms with Crippen molar-refractivity contribution in [1.29, 1.82) is 0 Å². The summed E-state index contributed by atoms with van der Waals surface area (Å²) >= 11 is 3.30. The largest absolute Gasteiger partial charge is 0.316 e. The maximum Gasteiger partial charge on any atom is 0.241 e. The van der Waals surface area contributed by atoms with Gasteiger partial charge in [0, 0.05) is 11.0 Å². The van der Waals surface area contributed by atoms with Crippen molar-refractivity contribution < 1.29 is 8.42 Å². The molecule has 1 aliphatic heterocycles. The van der Waals surface area contributed by atoms with Crippen LogP contribution in [0.5, 0.6) is 0 Å². The molecule has 0 radical (unpaired) electrons. The molecule has 1 aromatic carbocycles. The minimum absolute atomic E-state index is 0. The summed E-state index contributed by atoms with van der Waals surface area (Å²) in [5.41, 5.74) is 0.933. The number of hydrogen-bond donors (Lipinski definition) is 2. The van der Waals surface area contributed by atoms with Gasteiger partial charge in [0.25, 0.3) is 0 Å². The van der Waals surface area contributed by atoms with Crippen molar-refractivity contribution in [3.63, 3.8) is 0 Å². The van der Waals surface area contributed by atoms with E-state index in [-0.39, 0.29) is 12.4 Å². The third-order valence-corrected chi connectivity index (χ3v) is 5.75. The number of halogens is 2. The van der Waals surface area contributed by atoms with E-state index in [4.69, 9.17) is 0 Å². The number of rotatable bonds is 4. The minimum atomic E-state index is -3.44. The summed E-state index contributed by atoms with van der Waals surface area (Å²) in [6.45, 7) is 4.30. The van der Waals surface area contributed by atoms with Gasteiger partial charge in [0.1, 0.15) is 0 Å². The van der Waals surface area contributed by atoms with Gasteiger partial charge in [-0.05, 0) is 72.4 Å². The monoisotopic (exact) mass is 382 g/mol. The molecular formula is C13H20BrClN2O2S. The smallest absolute Gasteiger partial charge is 0.241 e. The van der Waals surface area contributed by atoms with Gasteiger partial charge in [0.05, 0.1) is 4.90 Å². The van der Waals surface area contributed by atoms with Crippen molar-refractivity contribution in [2.45, 2.75) is 24.7 Å². The first kappa shape index (κ1) is 17.9. The fourth-order valence-electron chi connectivity index (χ4n) is 2.22. The summed E-state index contributed by atoms with van der Waals surface area (Å²) in [7, 11) is -3.44. The molecule has 20 heavy (non-hydrogen) atoms. The van der Waals surface area contributed by atoms with Crippen molar-refractivity contribution in [2.75, 3.05) is 19.6 Å². The van der Waals surface area contributed by atoms with Crippen LogP contribution in [0.3, 0.4) is 0 Å². The molecule has 1 unspecified atom stereocenters. The average molecular weight is 384 g/mol. The number of piperidine rings is 1. The van der Waals surface area contributed by atoms with E-state index in [2.05, 4.69) is 26.0 Å². The van der Waals surface area contributed by atoms with Crippen molar-refractivity contribution in [3.8, 4) is 0 Å². The zero-order valence-electron chi connectivity index (χ0n) is 11.4. The first-order valence-electron chi connectivity index (χ1n) is 6.45.